The van der Waals surface area contributed by atoms with E-state index in [0.717, 1.165) is 38.9 Å². The van der Waals surface area contributed by atoms with Gasteiger partial charge in [-0.3, -0.25) is 14.5 Å². The van der Waals surface area contributed by atoms with Gasteiger partial charge in [0.1, 0.15) is 0 Å². The fraction of sp³-hybridized carbons (Fsp3) is 0.857. The summed E-state index contributed by atoms with van der Waals surface area (Å²) in [4.78, 5) is 29.9. The first kappa shape index (κ1) is 15.3. The molecule has 0 radical (unpaired) electrons. The van der Waals surface area contributed by atoms with Crippen molar-refractivity contribution in [2.75, 3.05) is 52.4 Å². The fourth-order valence-corrected chi connectivity index (χ4v) is 2.83. The van der Waals surface area contributed by atoms with Crippen LogP contribution in [0.15, 0.2) is 0 Å². The van der Waals surface area contributed by atoms with Crippen LogP contribution in [0.25, 0.3) is 0 Å². The molecule has 0 atom stereocenters. The van der Waals surface area contributed by atoms with E-state index in [1.807, 2.05) is 4.90 Å². The van der Waals surface area contributed by atoms with Crippen molar-refractivity contribution in [2.24, 2.45) is 0 Å². The van der Waals surface area contributed by atoms with Crippen LogP contribution in [0.5, 0.6) is 0 Å². The summed E-state index contributed by atoms with van der Waals surface area (Å²) in [7, 11) is 0. The Morgan fingerprint density at radius 1 is 1.05 bits per heavy atom. The third-order valence-corrected chi connectivity index (χ3v) is 4.14. The largest absolute Gasteiger partial charge is 0.395 e. The number of hydrogen-bond acceptors (Lipinski definition) is 4. The van der Waals surface area contributed by atoms with Crippen LogP contribution in [0.4, 0.5) is 0 Å². The molecule has 0 aromatic rings. The lowest BCUT2D eigenvalue weighted by Gasteiger charge is -2.35. The van der Waals surface area contributed by atoms with E-state index < -0.39 is 0 Å². The highest BCUT2D eigenvalue weighted by atomic mass is 16.3. The third kappa shape index (κ3) is 4.18. The Morgan fingerprint density at radius 3 is 2.50 bits per heavy atom. The quantitative estimate of drug-likeness (QED) is 0.757. The molecule has 6 nitrogen and oxygen atoms in total. The zero-order valence-electron chi connectivity index (χ0n) is 12.1. The molecule has 20 heavy (non-hydrogen) atoms. The lowest BCUT2D eigenvalue weighted by Crippen LogP contribution is -2.52. The first-order chi connectivity index (χ1) is 9.70. The molecule has 1 N–H and O–H groups in total. The topological polar surface area (TPSA) is 64.1 Å². The van der Waals surface area contributed by atoms with Crippen LogP contribution in [0.2, 0.25) is 0 Å². The number of nitrogens with zero attached hydrogens (tertiary/aromatic N) is 3. The van der Waals surface area contributed by atoms with E-state index in [1.165, 1.54) is 0 Å². The van der Waals surface area contributed by atoms with Gasteiger partial charge in [-0.05, 0) is 12.8 Å². The summed E-state index contributed by atoms with van der Waals surface area (Å²) in [5.74, 6) is 0.179. The van der Waals surface area contributed by atoms with Gasteiger partial charge in [0.2, 0.25) is 11.8 Å². The normalized spacial score (nSPS) is 21.9. The van der Waals surface area contributed by atoms with Gasteiger partial charge >= 0.3 is 0 Å². The van der Waals surface area contributed by atoms with Crippen molar-refractivity contribution in [3.8, 4) is 0 Å². The van der Waals surface area contributed by atoms with Crippen LogP contribution in [0.3, 0.4) is 0 Å². The Hall–Kier alpha value is -1.14. The average Bonchev–Trinajstić information content (AvgIpc) is 2.65. The highest BCUT2D eigenvalue weighted by Gasteiger charge is 2.24. The maximum absolute atomic E-state index is 12.3. The second-order valence-corrected chi connectivity index (χ2v) is 5.57. The van der Waals surface area contributed by atoms with Gasteiger partial charge in [0.15, 0.2) is 0 Å². The van der Waals surface area contributed by atoms with Gasteiger partial charge in [0, 0.05) is 45.7 Å². The van der Waals surface area contributed by atoms with E-state index in [4.69, 9.17) is 5.11 Å². The molecular formula is C14H25N3O3. The molecule has 0 unspecified atom stereocenters. The number of carbonyl (C=O) groups excluding carboxylic acids is 2. The zero-order valence-corrected chi connectivity index (χ0v) is 12.1. The minimum absolute atomic E-state index is 0.0592. The van der Waals surface area contributed by atoms with Crippen LogP contribution in [0.1, 0.15) is 25.7 Å². The molecule has 2 fully saturated rings. The highest BCUT2D eigenvalue weighted by molar-refractivity contribution is 5.85. The van der Waals surface area contributed by atoms with Crippen molar-refractivity contribution in [3.63, 3.8) is 0 Å². The van der Waals surface area contributed by atoms with Gasteiger partial charge in [-0.25, -0.2) is 0 Å². The number of amides is 2. The highest BCUT2D eigenvalue weighted by Crippen LogP contribution is 2.11. The Morgan fingerprint density at radius 2 is 1.80 bits per heavy atom. The molecule has 0 bridgehead atoms. The Bertz CT molecular complexity index is 341. The van der Waals surface area contributed by atoms with Crippen molar-refractivity contribution in [2.45, 2.75) is 25.7 Å². The summed E-state index contributed by atoms with van der Waals surface area (Å²) in [6.45, 7) is 4.79. The molecule has 2 amide bonds. The van der Waals surface area contributed by atoms with Crippen LogP contribution in [0, 0.1) is 0 Å². The van der Waals surface area contributed by atoms with Gasteiger partial charge in [0.05, 0.1) is 13.2 Å². The number of rotatable bonds is 4. The fourth-order valence-electron chi connectivity index (χ4n) is 2.83. The van der Waals surface area contributed by atoms with Crippen LogP contribution in [-0.2, 0) is 9.59 Å². The van der Waals surface area contributed by atoms with Crippen molar-refractivity contribution in [1.82, 2.24) is 14.7 Å². The molecule has 2 aliphatic rings. The molecule has 0 aromatic heterocycles. The molecule has 2 rings (SSSR count). The number of β-amino-alcohol motifs (C(OH)–C–C–N with tert-alkyl or cyclic N) is 1. The second kappa shape index (κ2) is 7.59. The minimum atomic E-state index is 0.0592. The Balaban J connectivity index is 1.78. The summed E-state index contributed by atoms with van der Waals surface area (Å²) in [6, 6.07) is 0. The molecule has 2 saturated heterocycles. The standard InChI is InChI=1S/C14H25N3O3/c18-11-10-15-6-8-16(9-7-15)14(20)12-17-5-3-1-2-4-13(17)19/h18H,1-12H2. The van der Waals surface area contributed by atoms with Gasteiger partial charge in [-0.2, -0.15) is 0 Å². The number of likely N-dealkylation sites (tertiary alicyclic amines) is 1. The summed E-state index contributed by atoms with van der Waals surface area (Å²) >= 11 is 0. The molecule has 2 aliphatic heterocycles. The monoisotopic (exact) mass is 283 g/mol. The number of carbonyl (C=O) groups is 2. The number of aliphatic hydroxyl groups is 1. The van der Waals surface area contributed by atoms with E-state index in [0.29, 0.717) is 26.1 Å². The number of aliphatic hydroxyl groups excluding tert-OH is 1. The average molecular weight is 283 g/mol. The Labute approximate surface area is 120 Å². The molecule has 0 aliphatic carbocycles. The van der Waals surface area contributed by atoms with E-state index >= 15 is 0 Å². The first-order valence-electron chi connectivity index (χ1n) is 7.59. The van der Waals surface area contributed by atoms with Gasteiger partial charge < -0.3 is 14.9 Å². The van der Waals surface area contributed by atoms with Gasteiger partial charge in [-0.1, -0.05) is 6.42 Å². The van der Waals surface area contributed by atoms with Crippen LogP contribution >= 0.6 is 0 Å². The summed E-state index contributed by atoms with van der Waals surface area (Å²) in [5, 5.41) is 8.90. The molecule has 0 saturated carbocycles. The predicted octanol–water partition coefficient (Wildman–Crippen LogP) is -0.474. The minimum Gasteiger partial charge on any atom is -0.395 e. The summed E-state index contributed by atoms with van der Waals surface area (Å²) < 4.78 is 0. The lowest BCUT2D eigenvalue weighted by molar-refractivity contribution is -0.141. The van der Waals surface area contributed by atoms with Crippen molar-refractivity contribution >= 4 is 11.8 Å². The van der Waals surface area contributed by atoms with E-state index in [1.54, 1.807) is 4.90 Å². The van der Waals surface area contributed by atoms with Gasteiger partial charge in [0.25, 0.3) is 0 Å². The summed E-state index contributed by atoms with van der Waals surface area (Å²) in [6.07, 6.45) is 3.61. The number of hydrogen-bond donors (Lipinski definition) is 1. The SMILES string of the molecule is O=C(CN1CCCCCC1=O)N1CCN(CCO)CC1. The van der Waals surface area contributed by atoms with Crippen molar-refractivity contribution in [1.29, 1.82) is 0 Å². The van der Waals surface area contributed by atoms with E-state index in [9.17, 15) is 9.59 Å². The zero-order chi connectivity index (χ0) is 14.4. The summed E-state index contributed by atoms with van der Waals surface area (Å²) in [5.41, 5.74) is 0. The molecule has 6 heteroatoms. The van der Waals surface area contributed by atoms with Crippen LogP contribution in [-0.4, -0.2) is 84.0 Å². The smallest absolute Gasteiger partial charge is 0.242 e. The van der Waals surface area contributed by atoms with Crippen molar-refractivity contribution in [3.05, 3.63) is 0 Å². The van der Waals surface area contributed by atoms with E-state index in [-0.39, 0.29) is 25.0 Å². The predicted molar refractivity (Wildman–Crippen MR) is 75.2 cm³/mol. The van der Waals surface area contributed by atoms with Crippen LogP contribution < -0.4 is 0 Å². The molecular weight excluding hydrogens is 258 g/mol. The van der Waals surface area contributed by atoms with Gasteiger partial charge in [-0.15, -0.1) is 0 Å². The maximum atomic E-state index is 12.3. The molecule has 0 spiro atoms. The number of piperazine rings is 1. The maximum Gasteiger partial charge on any atom is 0.242 e. The van der Waals surface area contributed by atoms with Crippen molar-refractivity contribution < 1.29 is 14.7 Å². The molecule has 114 valence electrons. The second-order valence-electron chi connectivity index (χ2n) is 5.57. The Kier molecular flexibility index (Phi) is 5.79. The first-order valence-corrected chi connectivity index (χ1v) is 7.59. The third-order valence-electron chi connectivity index (χ3n) is 4.14. The van der Waals surface area contributed by atoms with E-state index in [2.05, 4.69) is 4.90 Å². The molecule has 2 heterocycles. The lowest BCUT2D eigenvalue weighted by atomic mass is 10.2. The molecule has 0 aromatic carbocycles.